The van der Waals surface area contributed by atoms with Crippen LogP contribution in [-0.2, 0) is 0 Å². The predicted octanol–water partition coefficient (Wildman–Crippen LogP) is 3.00. The molecule has 1 amide bonds. The number of hydrogen-bond donors (Lipinski definition) is 1. The standard InChI is InChI=1S/C17H12N4O/c18-11-14-12-19-21(15-9-5-2-6-10-15)16(14)20-17(22)13-7-3-1-4-8-13/h1-10,12H,(H,20,22). The molecule has 0 radical (unpaired) electrons. The van der Waals surface area contributed by atoms with Crippen LogP contribution in [0.4, 0.5) is 5.82 Å². The lowest BCUT2D eigenvalue weighted by Crippen LogP contribution is -2.15. The molecule has 0 aliphatic heterocycles. The number of carbonyl (C=O) groups is 1. The molecule has 0 aliphatic carbocycles. The first kappa shape index (κ1) is 13.6. The fourth-order valence-electron chi connectivity index (χ4n) is 2.08. The maximum absolute atomic E-state index is 12.3. The molecule has 0 aliphatic rings. The summed E-state index contributed by atoms with van der Waals surface area (Å²) in [5, 5.41) is 16.2. The van der Waals surface area contributed by atoms with Crippen LogP contribution in [0.15, 0.2) is 66.9 Å². The van der Waals surface area contributed by atoms with Crippen LogP contribution in [0.2, 0.25) is 0 Å². The van der Waals surface area contributed by atoms with Crippen molar-refractivity contribution in [2.75, 3.05) is 5.32 Å². The van der Waals surface area contributed by atoms with E-state index in [9.17, 15) is 10.1 Å². The molecule has 0 atom stereocenters. The van der Waals surface area contributed by atoms with Crippen molar-refractivity contribution in [1.82, 2.24) is 9.78 Å². The Morgan fingerprint density at radius 2 is 1.68 bits per heavy atom. The Labute approximate surface area is 127 Å². The SMILES string of the molecule is N#Cc1cnn(-c2ccccc2)c1NC(=O)c1ccccc1. The van der Waals surface area contributed by atoms with Crippen LogP contribution < -0.4 is 5.32 Å². The lowest BCUT2D eigenvalue weighted by Gasteiger charge is -2.09. The molecule has 106 valence electrons. The molecule has 0 spiro atoms. The molecule has 5 nitrogen and oxygen atoms in total. The van der Waals surface area contributed by atoms with Crippen molar-refractivity contribution >= 4 is 11.7 Å². The summed E-state index contributed by atoms with van der Waals surface area (Å²) in [5.41, 5.74) is 1.60. The molecule has 1 heterocycles. The van der Waals surface area contributed by atoms with E-state index in [0.717, 1.165) is 5.69 Å². The van der Waals surface area contributed by atoms with Crippen LogP contribution >= 0.6 is 0 Å². The molecule has 3 aromatic rings. The van der Waals surface area contributed by atoms with Crippen molar-refractivity contribution in [3.8, 4) is 11.8 Å². The minimum Gasteiger partial charge on any atom is -0.305 e. The Hall–Kier alpha value is -3.39. The van der Waals surface area contributed by atoms with E-state index in [2.05, 4.69) is 10.4 Å². The molecule has 22 heavy (non-hydrogen) atoms. The smallest absolute Gasteiger partial charge is 0.256 e. The first-order valence-electron chi connectivity index (χ1n) is 6.69. The summed E-state index contributed by atoms with van der Waals surface area (Å²) in [4.78, 5) is 12.3. The zero-order chi connectivity index (χ0) is 15.4. The number of hydrogen-bond acceptors (Lipinski definition) is 3. The van der Waals surface area contributed by atoms with Gasteiger partial charge < -0.3 is 5.32 Å². The largest absolute Gasteiger partial charge is 0.305 e. The Morgan fingerprint density at radius 1 is 1.05 bits per heavy atom. The molecule has 0 fully saturated rings. The summed E-state index contributed by atoms with van der Waals surface area (Å²) in [6.07, 6.45) is 1.44. The molecule has 1 N–H and O–H groups in total. The number of nitrogens with zero attached hydrogens (tertiary/aromatic N) is 3. The Balaban J connectivity index is 1.98. The van der Waals surface area contributed by atoms with Crippen LogP contribution in [-0.4, -0.2) is 15.7 Å². The third-order valence-electron chi connectivity index (χ3n) is 3.16. The van der Waals surface area contributed by atoms with E-state index in [-0.39, 0.29) is 5.91 Å². The normalized spacial score (nSPS) is 9.95. The number of para-hydroxylation sites is 1. The molecule has 5 heteroatoms. The maximum atomic E-state index is 12.3. The lowest BCUT2D eigenvalue weighted by molar-refractivity contribution is 0.102. The average molecular weight is 288 g/mol. The van der Waals surface area contributed by atoms with E-state index >= 15 is 0 Å². The summed E-state index contributed by atoms with van der Waals surface area (Å²) in [6, 6.07) is 20.2. The van der Waals surface area contributed by atoms with Gasteiger partial charge >= 0.3 is 0 Å². The average Bonchev–Trinajstić information content (AvgIpc) is 2.99. The van der Waals surface area contributed by atoms with Crippen LogP contribution in [0, 0.1) is 11.3 Å². The van der Waals surface area contributed by atoms with Gasteiger partial charge in [-0.15, -0.1) is 0 Å². The van der Waals surface area contributed by atoms with Gasteiger partial charge in [0.1, 0.15) is 11.6 Å². The van der Waals surface area contributed by atoms with Gasteiger partial charge in [0.15, 0.2) is 5.82 Å². The molecule has 1 aromatic heterocycles. The predicted molar refractivity (Wildman–Crippen MR) is 82.7 cm³/mol. The summed E-state index contributed by atoms with van der Waals surface area (Å²) in [6.45, 7) is 0. The molecule has 3 rings (SSSR count). The van der Waals surface area contributed by atoms with Crippen molar-refractivity contribution in [1.29, 1.82) is 5.26 Å². The summed E-state index contributed by atoms with van der Waals surface area (Å²) in [5.74, 6) is 0.0809. The molecule has 2 aromatic carbocycles. The topological polar surface area (TPSA) is 70.7 Å². The Bertz CT molecular complexity index is 832. The Kier molecular flexibility index (Phi) is 3.67. The van der Waals surface area contributed by atoms with E-state index in [1.54, 1.807) is 28.9 Å². The van der Waals surface area contributed by atoms with Gasteiger partial charge in [-0.3, -0.25) is 4.79 Å². The van der Waals surface area contributed by atoms with Gasteiger partial charge in [-0.25, -0.2) is 4.68 Å². The van der Waals surface area contributed by atoms with E-state index in [1.165, 1.54) is 6.20 Å². The Morgan fingerprint density at radius 3 is 2.32 bits per heavy atom. The van der Waals surface area contributed by atoms with Gasteiger partial charge in [0, 0.05) is 5.56 Å². The van der Waals surface area contributed by atoms with Gasteiger partial charge in [0.2, 0.25) is 0 Å². The number of nitriles is 1. The number of anilines is 1. The third-order valence-corrected chi connectivity index (χ3v) is 3.16. The van der Waals surface area contributed by atoms with Crippen LogP contribution in [0.25, 0.3) is 5.69 Å². The highest BCUT2D eigenvalue weighted by atomic mass is 16.1. The number of rotatable bonds is 3. The fraction of sp³-hybridized carbons (Fsp3) is 0. The number of benzene rings is 2. The quantitative estimate of drug-likeness (QED) is 0.805. The van der Waals surface area contributed by atoms with Gasteiger partial charge in [-0.05, 0) is 24.3 Å². The maximum Gasteiger partial charge on any atom is 0.256 e. The highest BCUT2D eigenvalue weighted by Gasteiger charge is 2.15. The van der Waals surface area contributed by atoms with Crippen LogP contribution in [0.5, 0.6) is 0 Å². The van der Waals surface area contributed by atoms with E-state index in [0.29, 0.717) is 16.9 Å². The number of amides is 1. The van der Waals surface area contributed by atoms with Gasteiger partial charge in [-0.1, -0.05) is 36.4 Å². The number of carbonyl (C=O) groups excluding carboxylic acids is 1. The van der Waals surface area contributed by atoms with Crippen LogP contribution in [0.1, 0.15) is 15.9 Å². The molecular formula is C17H12N4O. The number of aromatic nitrogens is 2. The van der Waals surface area contributed by atoms with Crippen molar-refractivity contribution in [2.24, 2.45) is 0 Å². The van der Waals surface area contributed by atoms with E-state index in [4.69, 9.17) is 0 Å². The first-order chi connectivity index (χ1) is 10.8. The summed E-state index contributed by atoms with van der Waals surface area (Å²) in [7, 11) is 0. The van der Waals surface area contributed by atoms with Gasteiger partial charge in [0.25, 0.3) is 5.91 Å². The highest BCUT2D eigenvalue weighted by molar-refractivity contribution is 6.04. The fourth-order valence-corrected chi connectivity index (χ4v) is 2.08. The second-order valence-corrected chi connectivity index (χ2v) is 4.59. The van der Waals surface area contributed by atoms with Crippen molar-refractivity contribution in [2.45, 2.75) is 0 Å². The molecule has 0 saturated heterocycles. The van der Waals surface area contributed by atoms with Crippen LogP contribution in [0.3, 0.4) is 0 Å². The van der Waals surface area contributed by atoms with Crippen molar-refractivity contribution < 1.29 is 4.79 Å². The summed E-state index contributed by atoms with van der Waals surface area (Å²) < 4.78 is 1.54. The monoisotopic (exact) mass is 288 g/mol. The zero-order valence-electron chi connectivity index (χ0n) is 11.6. The van der Waals surface area contributed by atoms with E-state index in [1.807, 2.05) is 42.5 Å². The molecule has 0 unspecified atom stereocenters. The van der Waals surface area contributed by atoms with Gasteiger partial charge in [-0.2, -0.15) is 10.4 Å². The van der Waals surface area contributed by atoms with Crippen molar-refractivity contribution in [3.05, 3.63) is 78.0 Å². The van der Waals surface area contributed by atoms with Crippen molar-refractivity contribution in [3.63, 3.8) is 0 Å². The third kappa shape index (κ3) is 2.58. The second-order valence-electron chi connectivity index (χ2n) is 4.59. The lowest BCUT2D eigenvalue weighted by atomic mass is 10.2. The van der Waals surface area contributed by atoms with E-state index < -0.39 is 0 Å². The molecular weight excluding hydrogens is 276 g/mol. The first-order valence-corrected chi connectivity index (χ1v) is 6.69. The second kappa shape index (κ2) is 5.94. The highest BCUT2D eigenvalue weighted by Crippen LogP contribution is 2.20. The minimum absolute atomic E-state index is 0.283. The van der Waals surface area contributed by atoms with Gasteiger partial charge in [0.05, 0.1) is 11.9 Å². The zero-order valence-corrected chi connectivity index (χ0v) is 11.6. The minimum atomic E-state index is -0.283. The molecule has 0 bridgehead atoms. The molecule has 0 saturated carbocycles. The summed E-state index contributed by atoms with van der Waals surface area (Å²) >= 11 is 0. The number of nitrogens with one attached hydrogen (secondary N) is 1.